The van der Waals surface area contributed by atoms with Gasteiger partial charge in [-0.05, 0) is 36.1 Å². The number of carbonyl (C=O) groups excluding carboxylic acids is 2. The number of benzene rings is 1. The highest BCUT2D eigenvalue weighted by atomic mass is 32.2. The first-order chi connectivity index (χ1) is 12.2. The number of hydrogen-bond acceptors (Lipinski definition) is 6. The summed E-state index contributed by atoms with van der Waals surface area (Å²) in [7, 11) is -0.852. The summed E-state index contributed by atoms with van der Waals surface area (Å²) in [5, 5.41) is 4.55. The first-order valence-corrected chi connectivity index (χ1v) is 10.0. The molecule has 1 aromatic carbocycles. The molecule has 0 fully saturated rings. The first-order valence-electron chi connectivity index (χ1n) is 7.71. The van der Waals surface area contributed by atoms with Crippen molar-refractivity contribution in [3.63, 3.8) is 0 Å². The van der Waals surface area contributed by atoms with Gasteiger partial charge in [0.05, 0.1) is 17.0 Å². The molecule has 1 aromatic heterocycles. The molecular formula is C17H20N2O5S2. The number of nitrogens with zero attached hydrogens (tertiary/aromatic N) is 1. The summed E-state index contributed by atoms with van der Waals surface area (Å²) in [6.07, 6.45) is 0. The third kappa shape index (κ3) is 4.90. The van der Waals surface area contributed by atoms with Crippen LogP contribution in [0.3, 0.4) is 0 Å². The Morgan fingerprint density at radius 1 is 1.23 bits per heavy atom. The van der Waals surface area contributed by atoms with E-state index < -0.39 is 28.5 Å². The summed E-state index contributed by atoms with van der Waals surface area (Å²) in [5.41, 5.74) is 0.672. The Hall–Kier alpha value is -2.23. The smallest absolute Gasteiger partial charge is 0.338 e. The Balaban J connectivity index is 2.01. The number of amides is 1. The molecule has 0 bridgehead atoms. The zero-order chi connectivity index (χ0) is 19.3. The van der Waals surface area contributed by atoms with Crippen LogP contribution in [0.25, 0.3) is 0 Å². The number of thiophene rings is 1. The number of ether oxygens (including phenoxy) is 1. The van der Waals surface area contributed by atoms with E-state index in [1.54, 1.807) is 6.92 Å². The second-order valence-electron chi connectivity index (χ2n) is 5.70. The Kier molecular flexibility index (Phi) is 6.52. The highest BCUT2D eigenvalue weighted by Crippen LogP contribution is 2.19. The van der Waals surface area contributed by atoms with Crippen LogP contribution in [0.15, 0.2) is 40.6 Å². The fourth-order valence-electron chi connectivity index (χ4n) is 2.05. The van der Waals surface area contributed by atoms with Gasteiger partial charge in [-0.15, -0.1) is 11.3 Å². The van der Waals surface area contributed by atoms with Crippen molar-refractivity contribution in [2.24, 2.45) is 0 Å². The van der Waals surface area contributed by atoms with Crippen LogP contribution in [-0.2, 0) is 26.1 Å². The SMILES string of the molecule is Cc1ccc(S(=O)(=O)N(C)C)cc1C(=O)OCC(=O)NCc1cccs1. The third-order valence-corrected chi connectivity index (χ3v) is 6.27. The summed E-state index contributed by atoms with van der Waals surface area (Å²) in [4.78, 5) is 25.0. The highest BCUT2D eigenvalue weighted by Gasteiger charge is 2.21. The van der Waals surface area contributed by atoms with E-state index in [-0.39, 0.29) is 10.5 Å². The van der Waals surface area contributed by atoms with Crippen molar-refractivity contribution < 1.29 is 22.7 Å². The molecule has 1 N–H and O–H groups in total. The van der Waals surface area contributed by atoms with Crippen LogP contribution in [0.1, 0.15) is 20.8 Å². The summed E-state index contributed by atoms with van der Waals surface area (Å²) >= 11 is 1.51. The van der Waals surface area contributed by atoms with Crippen LogP contribution in [0.2, 0.25) is 0 Å². The summed E-state index contributed by atoms with van der Waals surface area (Å²) in [6, 6.07) is 7.98. The Labute approximate surface area is 156 Å². The number of carbonyl (C=O) groups is 2. The number of esters is 1. The van der Waals surface area contributed by atoms with Crippen molar-refractivity contribution >= 4 is 33.2 Å². The fourth-order valence-corrected chi connectivity index (χ4v) is 3.62. The second-order valence-corrected chi connectivity index (χ2v) is 8.88. The molecule has 140 valence electrons. The van der Waals surface area contributed by atoms with Crippen LogP contribution < -0.4 is 5.32 Å². The number of hydrogen-bond donors (Lipinski definition) is 1. The minimum atomic E-state index is -3.67. The molecule has 0 atom stereocenters. The van der Waals surface area contributed by atoms with E-state index in [0.29, 0.717) is 12.1 Å². The second kappa shape index (κ2) is 8.43. The molecule has 2 aromatic rings. The lowest BCUT2D eigenvalue weighted by molar-refractivity contribution is -0.124. The van der Waals surface area contributed by atoms with Crippen LogP contribution in [0, 0.1) is 6.92 Å². The molecule has 1 amide bonds. The monoisotopic (exact) mass is 396 g/mol. The van der Waals surface area contributed by atoms with Gasteiger partial charge in [-0.2, -0.15) is 0 Å². The van der Waals surface area contributed by atoms with E-state index in [9.17, 15) is 18.0 Å². The largest absolute Gasteiger partial charge is 0.452 e. The highest BCUT2D eigenvalue weighted by molar-refractivity contribution is 7.89. The zero-order valence-electron chi connectivity index (χ0n) is 14.7. The normalized spacial score (nSPS) is 11.4. The predicted molar refractivity (Wildman–Crippen MR) is 98.5 cm³/mol. The third-order valence-electron chi connectivity index (χ3n) is 3.58. The molecule has 26 heavy (non-hydrogen) atoms. The molecule has 0 unspecified atom stereocenters. The van der Waals surface area contributed by atoms with Crippen molar-refractivity contribution in [1.82, 2.24) is 9.62 Å². The van der Waals surface area contributed by atoms with Gasteiger partial charge in [-0.1, -0.05) is 12.1 Å². The average Bonchev–Trinajstić information content (AvgIpc) is 3.11. The predicted octanol–water partition coefficient (Wildman–Crippen LogP) is 1.78. The van der Waals surface area contributed by atoms with Crippen LogP contribution >= 0.6 is 11.3 Å². The maximum absolute atomic E-state index is 12.2. The van der Waals surface area contributed by atoms with E-state index in [0.717, 1.165) is 9.18 Å². The van der Waals surface area contributed by atoms with Gasteiger partial charge in [0, 0.05) is 19.0 Å². The molecule has 0 saturated carbocycles. The minimum Gasteiger partial charge on any atom is -0.452 e. The van der Waals surface area contributed by atoms with Gasteiger partial charge in [0.25, 0.3) is 5.91 Å². The van der Waals surface area contributed by atoms with Gasteiger partial charge >= 0.3 is 5.97 Å². The maximum Gasteiger partial charge on any atom is 0.338 e. The van der Waals surface area contributed by atoms with E-state index in [4.69, 9.17) is 4.74 Å². The lowest BCUT2D eigenvalue weighted by Gasteiger charge is -2.13. The first kappa shape index (κ1) is 20.1. The molecule has 9 heteroatoms. The molecule has 0 radical (unpaired) electrons. The maximum atomic E-state index is 12.2. The molecule has 0 saturated heterocycles. The van der Waals surface area contributed by atoms with Gasteiger partial charge in [-0.25, -0.2) is 17.5 Å². The van der Waals surface area contributed by atoms with Crippen LogP contribution in [0.4, 0.5) is 0 Å². The molecule has 0 spiro atoms. The van der Waals surface area contributed by atoms with Crippen molar-refractivity contribution in [2.75, 3.05) is 20.7 Å². The summed E-state index contributed by atoms with van der Waals surface area (Å²) in [6.45, 7) is 1.59. The molecule has 0 aliphatic rings. The molecule has 7 nitrogen and oxygen atoms in total. The Bertz CT molecular complexity index is 890. The van der Waals surface area contributed by atoms with E-state index in [2.05, 4.69) is 5.32 Å². The number of aryl methyl sites for hydroxylation is 1. The van der Waals surface area contributed by atoms with Crippen molar-refractivity contribution in [1.29, 1.82) is 0 Å². The average molecular weight is 396 g/mol. The van der Waals surface area contributed by atoms with Crippen molar-refractivity contribution in [3.8, 4) is 0 Å². The molecule has 1 heterocycles. The van der Waals surface area contributed by atoms with Gasteiger partial charge < -0.3 is 10.1 Å². The number of nitrogens with one attached hydrogen (secondary N) is 1. The fraction of sp³-hybridized carbons (Fsp3) is 0.294. The lowest BCUT2D eigenvalue weighted by atomic mass is 10.1. The number of rotatable bonds is 7. The molecule has 2 rings (SSSR count). The van der Waals surface area contributed by atoms with Crippen LogP contribution in [-0.4, -0.2) is 45.3 Å². The summed E-state index contributed by atoms with van der Waals surface area (Å²) in [5.74, 6) is -1.17. The van der Waals surface area contributed by atoms with E-state index in [1.807, 2.05) is 17.5 Å². The summed E-state index contributed by atoms with van der Waals surface area (Å²) < 4.78 is 30.5. The Morgan fingerprint density at radius 2 is 1.96 bits per heavy atom. The minimum absolute atomic E-state index is 0.0119. The Morgan fingerprint density at radius 3 is 2.58 bits per heavy atom. The topological polar surface area (TPSA) is 92.8 Å². The lowest BCUT2D eigenvalue weighted by Crippen LogP contribution is -2.28. The van der Waals surface area contributed by atoms with Gasteiger partial charge in [-0.3, -0.25) is 4.79 Å². The van der Waals surface area contributed by atoms with E-state index >= 15 is 0 Å². The number of sulfonamides is 1. The standard InChI is InChI=1S/C17H20N2O5S2/c1-12-6-7-14(26(22,23)19(2)3)9-15(12)17(21)24-11-16(20)18-10-13-5-4-8-25-13/h4-9H,10-11H2,1-3H3,(H,18,20). The zero-order valence-corrected chi connectivity index (χ0v) is 16.3. The van der Waals surface area contributed by atoms with Crippen molar-refractivity contribution in [3.05, 3.63) is 51.7 Å². The van der Waals surface area contributed by atoms with Crippen molar-refractivity contribution in [2.45, 2.75) is 18.4 Å². The van der Waals surface area contributed by atoms with E-state index in [1.165, 1.54) is 43.6 Å². The molecular weight excluding hydrogens is 376 g/mol. The van der Waals surface area contributed by atoms with Crippen LogP contribution in [0.5, 0.6) is 0 Å². The molecule has 0 aliphatic carbocycles. The van der Waals surface area contributed by atoms with Gasteiger partial charge in [0.2, 0.25) is 10.0 Å². The van der Waals surface area contributed by atoms with Gasteiger partial charge in [0.15, 0.2) is 6.61 Å². The van der Waals surface area contributed by atoms with Gasteiger partial charge in [0.1, 0.15) is 0 Å². The quantitative estimate of drug-likeness (QED) is 0.720. The molecule has 0 aliphatic heterocycles.